The minimum absolute atomic E-state index is 0.193. The molecule has 0 unspecified atom stereocenters. The van der Waals surface area contributed by atoms with Gasteiger partial charge in [-0.05, 0) is 58.5 Å². The van der Waals surface area contributed by atoms with Crippen molar-refractivity contribution >= 4 is 40.6 Å². The first kappa shape index (κ1) is 25.3. The van der Waals surface area contributed by atoms with E-state index < -0.39 is 23.4 Å². The summed E-state index contributed by atoms with van der Waals surface area (Å²) in [4.78, 5) is 46.3. The third-order valence-electron chi connectivity index (χ3n) is 8.55. The Labute approximate surface area is 241 Å². The fraction of sp³-hybridized carbons (Fsp3) is 0.182. The van der Waals surface area contributed by atoms with E-state index in [9.17, 15) is 14.4 Å². The highest BCUT2D eigenvalue weighted by atomic mass is 32.1. The minimum Gasteiger partial charge on any atom is -0.493 e. The number of para-hydroxylation sites is 1. The van der Waals surface area contributed by atoms with Crippen LogP contribution in [0.4, 0.5) is 5.69 Å². The Balaban J connectivity index is 1.53. The van der Waals surface area contributed by atoms with E-state index in [1.54, 1.807) is 24.3 Å². The summed E-state index contributed by atoms with van der Waals surface area (Å²) in [5.41, 5.74) is 2.18. The van der Waals surface area contributed by atoms with Crippen LogP contribution in [0.25, 0.3) is 6.08 Å². The number of carbonyl (C=O) groups is 3. The molecule has 1 aromatic heterocycles. The van der Waals surface area contributed by atoms with Gasteiger partial charge in [0.15, 0.2) is 23.1 Å². The van der Waals surface area contributed by atoms with Crippen LogP contribution < -0.4 is 14.8 Å². The van der Waals surface area contributed by atoms with Crippen molar-refractivity contribution in [2.45, 2.75) is 17.5 Å². The van der Waals surface area contributed by atoms with Gasteiger partial charge in [0.25, 0.3) is 0 Å². The van der Waals surface area contributed by atoms with Gasteiger partial charge in [0.1, 0.15) is 11.5 Å². The molecule has 8 heteroatoms. The number of Topliss-reactive ketones (excluding diaryl/α,β-unsaturated/α-hetero) is 2. The zero-order valence-corrected chi connectivity index (χ0v) is 23.2. The van der Waals surface area contributed by atoms with Gasteiger partial charge in [0, 0.05) is 17.5 Å². The number of amides is 1. The number of thiophene rings is 1. The van der Waals surface area contributed by atoms with Crippen LogP contribution >= 0.6 is 11.3 Å². The van der Waals surface area contributed by atoms with Crippen LogP contribution in [0.15, 0.2) is 90.4 Å². The molecule has 204 valence electrons. The average molecular weight is 563 g/mol. The average Bonchev–Trinajstić information content (AvgIpc) is 3.73. The number of benzene rings is 3. The molecule has 1 N–H and O–H groups in total. The Hall–Kier alpha value is -4.69. The third-order valence-corrected chi connectivity index (χ3v) is 9.44. The Kier molecular flexibility index (Phi) is 5.83. The molecule has 1 fully saturated rings. The number of ketones is 2. The predicted octanol–water partition coefficient (Wildman–Crippen LogP) is 5.75. The summed E-state index contributed by atoms with van der Waals surface area (Å²) in [5.74, 6) is -0.964. The molecular weight excluding hydrogens is 536 g/mol. The topological polar surface area (TPSA) is 84.9 Å². The molecule has 7 rings (SSSR count). The van der Waals surface area contributed by atoms with Crippen molar-refractivity contribution in [3.8, 4) is 11.5 Å². The molecule has 1 amide bonds. The number of ether oxygens (including phenoxy) is 2. The first-order valence-electron chi connectivity index (χ1n) is 13.3. The van der Waals surface area contributed by atoms with Crippen molar-refractivity contribution in [1.82, 2.24) is 4.90 Å². The normalized spacial score (nSPS) is 23.5. The van der Waals surface area contributed by atoms with Crippen LogP contribution in [0, 0.1) is 5.92 Å². The van der Waals surface area contributed by atoms with Crippen molar-refractivity contribution in [2.75, 3.05) is 19.5 Å². The van der Waals surface area contributed by atoms with Crippen molar-refractivity contribution in [3.05, 3.63) is 118 Å². The van der Waals surface area contributed by atoms with E-state index in [2.05, 4.69) is 5.32 Å². The number of carbonyl (C=O) groups excluding carboxylic acids is 3. The van der Waals surface area contributed by atoms with Crippen LogP contribution in [0.3, 0.4) is 0 Å². The number of hydrogen-bond acceptors (Lipinski definition) is 7. The lowest BCUT2D eigenvalue weighted by Crippen LogP contribution is -2.49. The summed E-state index contributed by atoms with van der Waals surface area (Å²) in [6, 6.07) is 22.4. The predicted molar refractivity (Wildman–Crippen MR) is 157 cm³/mol. The summed E-state index contributed by atoms with van der Waals surface area (Å²) in [6.45, 7) is 0. The highest BCUT2D eigenvalue weighted by Crippen LogP contribution is 2.62. The van der Waals surface area contributed by atoms with Crippen LogP contribution in [0.5, 0.6) is 11.5 Å². The van der Waals surface area contributed by atoms with E-state index in [0.29, 0.717) is 33.2 Å². The molecular formula is C33H26N2O5S. The van der Waals surface area contributed by atoms with E-state index in [0.717, 1.165) is 11.1 Å². The highest BCUT2D eigenvalue weighted by Gasteiger charge is 2.70. The van der Waals surface area contributed by atoms with Gasteiger partial charge in [0.05, 0.1) is 31.1 Å². The van der Waals surface area contributed by atoms with Crippen LogP contribution in [0.2, 0.25) is 0 Å². The highest BCUT2D eigenvalue weighted by molar-refractivity contribution is 7.12. The van der Waals surface area contributed by atoms with Gasteiger partial charge in [-0.2, -0.15) is 0 Å². The second-order valence-electron chi connectivity index (χ2n) is 10.4. The number of hydrogen-bond donors (Lipinski definition) is 1. The molecule has 0 radical (unpaired) electrons. The monoisotopic (exact) mass is 562 g/mol. The smallest absolute Gasteiger partial charge is 0.238 e. The van der Waals surface area contributed by atoms with Gasteiger partial charge in [-0.3, -0.25) is 14.4 Å². The van der Waals surface area contributed by atoms with Crippen molar-refractivity contribution in [3.63, 3.8) is 0 Å². The van der Waals surface area contributed by atoms with E-state index >= 15 is 0 Å². The van der Waals surface area contributed by atoms with E-state index in [-0.39, 0.29) is 17.5 Å². The lowest BCUT2D eigenvalue weighted by atomic mass is 9.62. The zero-order valence-electron chi connectivity index (χ0n) is 22.4. The minimum atomic E-state index is -1.38. The van der Waals surface area contributed by atoms with Gasteiger partial charge in [-0.1, -0.05) is 48.5 Å². The van der Waals surface area contributed by atoms with Gasteiger partial charge < -0.3 is 19.7 Å². The molecule has 0 aliphatic carbocycles. The maximum absolute atomic E-state index is 14.9. The number of methoxy groups -OCH3 is 2. The Morgan fingerprint density at radius 2 is 1.68 bits per heavy atom. The lowest BCUT2D eigenvalue weighted by molar-refractivity contribution is -0.122. The van der Waals surface area contributed by atoms with Crippen molar-refractivity contribution < 1.29 is 23.9 Å². The summed E-state index contributed by atoms with van der Waals surface area (Å²) in [6.07, 6.45) is 3.83. The fourth-order valence-electron chi connectivity index (χ4n) is 6.90. The van der Waals surface area contributed by atoms with E-state index in [1.807, 2.05) is 77.2 Å². The SMILES string of the molecule is COc1ccc(C(=O)[C@@H]2[C@H](C(=O)c3cccs3)N3C=Cc4ccccc4[C@@H]3[C@@]23C(=O)Nc2ccccc23)cc1OC. The fourth-order valence-corrected chi connectivity index (χ4v) is 7.60. The molecule has 4 atom stereocenters. The molecule has 4 aromatic rings. The number of nitrogens with zero attached hydrogens (tertiary/aromatic N) is 1. The molecule has 3 aromatic carbocycles. The maximum atomic E-state index is 14.9. The summed E-state index contributed by atoms with van der Waals surface area (Å²) < 4.78 is 10.9. The van der Waals surface area contributed by atoms with Gasteiger partial charge in [0.2, 0.25) is 5.91 Å². The summed E-state index contributed by atoms with van der Waals surface area (Å²) >= 11 is 1.33. The van der Waals surface area contributed by atoms with Gasteiger partial charge in [-0.25, -0.2) is 0 Å². The second kappa shape index (κ2) is 9.45. The first-order valence-corrected chi connectivity index (χ1v) is 14.2. The molecule has 0 bridgehead atoms. The zero-order chi connectivity index (χ0) is 28.3. The number of fused-ring (bicyclic) bond motifs is 6. The molecule has 1 saturated heterocycles. The van der Waals surface area contributed by atoms with Crippen molar-refractivity contribution in [2.24, 2.45) is 5.92 Å². The third kappa shape index (κ3) is 3.47. The Morgan fingerprint density at radius 1 is 0.902 bits per heavy atom. The van der Waals surface area contributed by atoms with Crippen LogP contribution in [-0.2, 0) is 10.2 Å². The largest absolute Gasteiger partial charge is 0.493 e. The lowest BCUT2D eigenvalue weighted by Gasteiger charge is -2.38. The first-order chi connectivity index (χ1) is 20.0. The second-order valence-corrected chi connectivity index (χ2v) is 11.3. The molecule has 41 heavy (non-hydrogen) atoms. The quantitative estimate of drug-likeness (QED) is 0.302. The molecule has 4 heterocycles. The molecule has 7 nitrogen and oxygen atoms in total. The van der Waals surface area contributed by atoms with E-state index in [1.165, 1.54) is 25.6 Å². The number of anilines is 1. The van der Waals surface area contributed by atoms with Crippen LogP contribution in [-0.4, -0.2) is 42.6 Å². The summed E-state index contributed by atoms with van der Waals surface area (Å²) in [7, 11) is 3.04. The standard InChI is InChI=1S/C33H26N2O5S/c1-39-24-14-13-20(18-25(24)40-2)29(36)27-28(30(37)26-12-7-17-41-26)35-16-15-19-8-3-4-9-21(19)31(35)33(27)22-10-5-6-11-23(22)34-32(33)38/h3-18,27-28,31H,1-2H3,(H,34,38)/t27-,28+,31+,33-/m0/s1. The molecule has 0 saturated carbocycles. The number of rotatable bonds is 6. The Bertz CT molecular complexity index is 1750. The Morgan fingerprint density at radius 3 is 2.46 bits per heavy atom. The number of nitrogens with one attached hydrogen (secondary N) is 1. The van der Waals surface area contributed by atoms with E-state index in [4.69, 9.17) is 9.47 Å². The molecule has 3 aliphatic rings. The summed E-state index contributed by atoms with van der Waals surface area (Å²) in [5, 5.41) is 4.92. The van der Waals surface area contributed by atoms with Crippen LogP contribution in [0.1, 0.15) is 42.8 Å². The van der Waals surface area contributed by atoms with Gasteiger partial charge in [-0.15, -0.1) is 11.3 Å². The maximum Gasteiger partial charge on any atom is 0.238 e. The van der Waals surface area contributed by atoms with Gasteiger partial charge >= 0.3 is 0 Å². The molecule has 1 spiro atoms. The van der Waals surface area contributed by atoms with Crippen molar-refractivity contribution in [1.29, 1.82) is 0 Å². The molecule has 3 aliphatic heterocycles.